The minimum absolute atomic E-state index is 0.235. The van der Waals surface area contributed by atoms with E-state index >= 15 is 0 Å². The van der Waals surface area contributed by atoms with Crippen LogP contribution in [0.1, 0.15) is 26.2 Å². The molecule has 0 N–H and O–H groups in total. The van der Waals surface area contributed by atoms with Gasteiger partial charge in [0.2, 0.25) is 0 Å². The molecule has 0 aliphatic heterocycles. The summed E-state index contributed by atoms with van der Waals surface area (Å²) in [5.41, 5.74) is 5.04. The highest BCUT2D eigenvalue weighted by atomic mass is 16.1. The summed E-state index contributed by atoms with van der Waals surface area (Å²) in [5, 5.41) is 0. The monoisotopic (exact) mass is 174 g/mol. The van der Waals surface area contributed by atoms with E-state index in [0.29, 0.717) is 6.42 Å². The number of hydrogen-bond acceptors (Lipinski definition) is 1. The molecule has 0 heterocycles. The van der Waals surface area contributed by atoms with Crippen molar-refractivity contribution in [2.45, 2.75) is 26.2 Å². The zero-order chi connectivity index (χ0) is 9.68. The Kier molecular flexibility index (Phi) is 3.48. The molecule has 0 saturated heterocycles. The molecule has 13 heavy (non-hydrogen) atoms. The Balaban J connectivity index is 2.78. The molecule has 0 unspecified atom stereocenters. The fraction of sp³-hybridized carbons (Fsp3) is 0.333. The quantitative estimate of drug-likeness (QED) is 0.601. The summed E-state index contributed by atoms with van der Waals surface area (Å²) in [4.78, 5) is 11.3. The van der Waals surface area contributed by atoms with E-state index in [1.54, 1.807) is 6.08 Å². The molecule has 1 nitrogen and oxygen atoms in total. The molecule has 1 rings (SSSR count). The van der Waals surface area contributed by atoms with E-state index < -0.39 is 0 Å². The Hall–Kier alpha value is -1.33. The van der Waals surface area contributed by atoms with Crippen molar-refractivity contribution in [2.75, 3.05) is 0 Å². The third-order valence-electron chi connectivity index (χ3n) is 2.17. The van der Waals surface area contributed by atoms with Crippen molar-refractivity contribution >= 4 is 5.78 Å². The van der Waals surface area contributed by atoms with Crippen molar-refractivity contribution in [1.29, 1.82) is 0 Å². The first-order valence-electron chi connectivity index (χ1n) is 4.52. The molecular weight excluding hydrogens is 160 g/mol. The molecule has 0 spiro atoms. The van der Waals surface area contributed by atoms with Gasteiger partial charge in [0.25, 0.3) is 0 Å². The van der Waals surface area contributed by atoms with Crippen LogP contribution in [0.3, 0.4) is 0 Å². The molecule has 0 fully saturated rings. The van der Waals surface area contributed by atoms with E-state index in [1.165, 1.54) is 5.57 Å². The molecule has 1 aliphatic carbocycles. The lowest BCUT2D eigenvalue weighted by Gasteiger charge is -1.95. The molecular formula is C12H14O. The van der Waals surface area contributed by atoms with Crippen LogP contribution >= 0.6 is 0 Å². The Labute approximate surface area is 79.2 Å². The zero-order valence-corrected chi connectivity index (χ0v) is 7.97. The van der Waals surface area contributed by atoms with Crippen molar-refractivity contribution < 1.29 is 4.79 Å². The van der Waals surface area contributed by atoms with Crippen LogP contribution in [0.5, 0.6) is 0 Å². The van der Waals surface area contributed by atoms with Crippen LogP contribution in [-0.2, 0) is 4.79 Å². The third-order valence-corrected chi connectivity index (χ3v) is 2.17. The first kappa shape index (κ1) is 9.76. The van der Waals surface area contributed by atoms with Gasteiger partial charge in [-0.15, -0.1) is 5.73 Å². The molecule has 0 saturated carbocycles. The van der Waals surface area contributed by atoms with Gasteiger partial charge in [-0.2, -0.15) is 0 Å². The van der Waals surface area contributed by atoms with Crippen LogP contribution < -0.4 is 0 Å². The van der Waals surface area contributed by atoms with Gasteiger partial charge < -0.3 is 0 Å². The van der Waals surface area contributed by atoms with Gasteiger partial charge in [-0.3, -0.25) is 4.79 Å². The molecule has 1 heteroatoms. The number of carbonyl (C=O) groups excluding carboxylic acids is 1. The molecule has 0 aromatic carbocycles. The van der Waals surface area contributed by atoms with Gasteiger partial charge in [0.1, 0.15) is 0 Å². The van der Waals surface area contributed by atoms with Gasteiger partial charge in [-0.1, -0.05) is 18.2 Å². The SMILES string of the molecule is C=CC1=C(CC=C=CC)CCC1=O. The summed E-state index contributed by atoms with van der Waals surface area (Å²) in [6, 6.07) is 0. The zero-order valence-electron chi connectivity index (χ0n) is 7.97. The van der Waals surface area contributed by atoms with E-state index in [0.717, 1.165) is 18.4 Å². The maximum Gasteiger partial charge on any atom is 0.163 e. The highest BCUT2D eigenvalue weighted by Crippen LogP contribution is 2.26. The molecule has 0 aromatic rings. The predicted octanol–water partition coefficient (Wildman–Crippen LogP) is 2.95. The summed E-state index contributed by atoms with van der Waals surface area (Å²) < 4.78 is 0. The molecule has 68 valence electrons. The first-order chi connectivity index (χ1) is 6.29. The second kappa shape index (κ2) is 4.64. The highest BCUT2D eigenvalue weighted by molar-refractivity contribution is 6.01. The van der Waals surface area contributed by atoms with Gasteiger partial charge in [0.15, 0.2) is 5.78 Å². The van der Waals surface area contributed by atoms with Crippen LogP contribution in [-0.4, -0.2) is 5.78 Å². The lowest BCUT2D eigenvalue weighted by Crippen LogP contribution is -1.91. The lowest BCUT2D eigenvalue weighted by atomic mass is 10.1. The van der Waals surface area contributed by atoms with Crippen LogP contribution in [0.15, 0.2) is 41.7 Å². The second-order valence-corrected chi connectivity index (χ2v) is 3.01. The van der Waals surface area contributed by atoms with E-state index in [1.807, 2.05) is 19.1 Å². The average molecular weight is 174 g/mol. The minimum Gasteiger partial charge on any atom is -0.294 e. The molecule has 0 aromatic heterocycles. The van der Waals surface area contributed by atoms with Gasteiger partial charge in [-0.05, 0) is 31.9 Å². The largest absolute Gasteiger partial charge is 0.294 e. The van der Waals surface area contributed by atoms with Crippen molar-refractivity contribution in [2.24, 2.45) is 0 Å². The molecule has 0 amide bonds. The smallest absolute Gasteiger partial charge is 0.163 e. The normalized spacial score (nSPS) is 15.6. The van der Waals surface area contributed by atoms with Gasteiger partial charge in [0, 0.05) is 12.0 Å². The number of ketones is 1. The van der Waals surface area contributed by atoms with Crippen molar-refractivity contribution in [3.63, 3.8) is 0 Å². The minimum atomic E-state index is 0.235. The van der Waals surface area contributed by atoms with E-state index in [-0.39, 0.29) is 5.78 Å². The van der Waals surface area contributed by atoms with E-state index in [9.17, 15) is 4.79 Å². The molecule has 1 aliphatic rings. The maximum atomic E-state index is 11.3. The van der Waals surface area contributed by atoms with Crippen molar-refractivity contribution in [1.82, 2.24) is 0 Å². The number of carbonyl (C=O) groups is 1. The number of allylic oxidation sites excluding steroid dienone is 4. The predicted molar refractivity (Wildman–Crippen MR) is 54.4 cm³/mol. The van der Waals surface area contributed by atoms with Crippen LogP contribution in [0.4, 0.5) is 0 Å². The van der Waals surface area contributed by atoms with Crippen LogP contribution in [0, 0.1) is 0 Å². The maximum absolute atomic E-state index is 11.3. The Morgan fingerprint density at radius 3 is 2.92 bits per heavy atom. The van der Waals surface area contributed by atoms with Gasteiger partial charge >= 0.3 is 0 Å². The standard InChI is InChI=1S/C12H14O/c1-3-5-6-7-10-8-9-12(13)11(10)4-2/h3-4,6H,2,7-9H2,1H3. The summed E-state index contributed by atoms with van der Waals surface area (Å²) in [5.74, 6) is 0.235. The lowest BCUT2D eigenvalue weighted by molar-refractivity contribution is -0.114. The average Bonchev–Trinajstić information content (AvgIpc) is 2.47. The van der Waals surface area contributed by atoms with Crippen molar-refractivity contribution in [3.8, 4) is 0 Å². The Morgan fingerprint density at radius 2 is 2.31 bits per heavy atom. The molecule has 0 radical (unpaired) electrons. The van der Waals surface area contributed by atoms with E-state index in [4.69, 9.17) is 0 Å². The number of rotatable bonds is 3. The molecule has 0 bridgehead atoms. The fourth-order valence-electron chi connectivity index (χ4n) is 1.50. The van der Waals surface area contributed by atoms with Crippen LogP contribution in [0.25, 0.3) is 0 Å². The second-order valence-electron chi connectivity index (χ2n) is 3.01. The van der Waals surface area contributed by atoms with Crippen LogP contribution in [0.2, 0.25) is 0 Å². The number of hydrogen-bond donors (Lipinski definition) is 0. The van der Waals surface area contributed by atoms with Gasteiger partial charge in [0.05, 0.1) is 0 Å². The van der Waals surface area contributed by atoms with Crippen molar-refractivity contribution in [3.05, 3.63) is 41.7 Å². The summed E-state index contributed by atoms with van der Waals surface area (Å²) in [6.07, 6.45) is 7.87. The summed E-state index contributed by atoms with van der Waals surface area (Å²) in [6.45, 7) is 5.58. The highest BCUT2D eigenvalue weighted by Gasteiger charge is 2.18. The Bertz CT molecular complexity index is 312. The summed E-state index contributed by atoms with van der Waals surface area (Å²) >= 11 is 0. The first-order valence-corrected chi connectivity index (χ1v) is 4.52. The van der Waals surface area contributed by atoms with E-state index in [2.05, 4.69) is 12.3 Å². The molecule has 0 atom stereocenters. The third kappa shape index (κ3) is 2.30. The van der Waals surface area contributed by atoms with Gasteiger partial charge in [-0.25, -0.2) is 0 Å². The fourth-order valence-corrected chi connectivity index (χ4v) is 1.50. The topological polar surface area (TPSA) is 17.1 Å². The Morgan fingerprint density at radius 1 is 1.54 bits per heavy atom. The summed E-state index contributed by atoms with van der Waals surface area (Å²) in [7, 11) is 0. The number of Topliss-reactive ketones (excluding diaryl/α,β-unsaturated/α-hetero) is 1.